The first-order valence-corrected chi connectivity index (χ1v) is 6.74. The average Bonchev–Trinajstić information content (AvgIpc) is 2.30. The van der Waals surface area contributed by atoms with Crippen LogP contribution in [0.1, 0.15) is 12.8 Å². The largest absolute Gasteiger partial charge is 0.246 e. The molecule has 1 aromatic carbocycles. The number of piperidine rings is 1. The smallest absolute Gasteiger partial charge is 0.243 e. The summed E-state index contributed by atoms with van der Waals surface area (Å²) in [5.74, 6) is 0. The molecular weight excluding hydrogens is 229 g/mol. The fourth-order valence-electron chi connectivity index (χ4n) is 1.85. The van der Waals surface area contributed by atoms with Gasteiger partial charge in [-0.25, -0.2) is 12.8 Å². The highest BCUT2D eigenvalue weighted by atomic mass is 32.2. The Bertz CT molecular complexity index is 446. The molecule has 0 bridgehead atoms. The lowest BCUT2D eigenvalue weighted by molar-refractivity contribution is 0.203. The van der Waals surface area contributed by atoms with E-state index >= 15 is 0 Å². The standard InChI is InChI=1S/C11H14FNO2S/c12-10-5-4-8-13(9-10)16(14,15)11-6-2-1-3-7-11/h1-3,6-7,10H,4-5,8-9H2. The van der Waals surface area contributed by atoms with Gasteiger partial charge >= 0.3 is 0 Å². The Balaban J connectivity index is 2.26. The predicted octanol–water partition coefficient (Wildman–Crippen LogP) is 1.81. The number of hydrogen-bond acceptors (Lipinski definition) is 2. The molecule has 0 aromatic heterocycles. The normalized spacial score (nSPS) is 23.2. The van der Waals surface area contributed by atoms with Crippen LogP contribution in [-0.2, 0) is 10.0 Å². The van der Waals surface area contributed by atoms with Gasteiger partial charge in [-0.2, -0.15) is 4.31 Å². The summed E-state index contributed by atoms with van der Waals surface area (Å²) in [5, 5.41) is 0. The van der Waals surface area contributed by atoms with E-state index in [4.69, 9.17) is 0 Å². The third kappa shape index (κ3) is 2.25. The second-order valence-electron chi connectivity index (χ2n) is 3.92. The molecule has 1 heterocycles. The molecule has 0 radical (unpaired) electrons. The van der Waals surface area contributed by atoms with Gasteiger partial charge in [-0.15, -0.1) is 0 Å². The first-order valence-electron chi connectivity index (χ1n) is 5.30. The second kappa shape index (κ2) is 4.51. The van der Waals surface area contributed by atoms with Crippen LogP contribution < -0.4 is 0 Å². The van der Waals surface area contributed by atoms with Crippen LogP contribution in [0.4, 0.5) is 4.39 Å². The van der Waals surface area contributed by atoms with Crippen molar-refractivity contribution in [2.24, 2.45) is 0 Å². The van der Waals surface area contributed by atoms with Crippen LogP contribution in [0.15, 0.2) is 35.2 Å². The molecule has 1 fully saturated rings. The minimum atomic E-state index is -3.50. The summed E-state index contributed by atoms with van der Waals surface area (Å²) in [7, 11) is -3.50. The lowest BCUT2D eigenvalue weighted by Crippen LogP contribution is -2.40. The monoisotopic (exact) mass is 243 g/mol. The molecule has 1 unspecified atom stereocenters. The zero-order chi connectivity index (χ0) is 11.6. The maximum atomic E-state index is 13.2. The molecule has 1 atom stereocenters. The van der Waals surface area contributed by atoms with Crippen LogP contribution in [0, 0.1) is 0 Å². The number of hydrogen-bond donors (Lipinski definition) is 0. The maximum absolute atomic E-state index is 13.2. The summed E-state index contributed by atoms with van der Waals surface area (Å²) >= 11 is 0. The maximum Gasteiger partial charge on any atom is 0.243 e. The fraction of sp³-hybridized carbons (Fsp3) is 0.455. The SMILES string of the molecule is O=S(=O)(c1ccccc1)N1CCCC(F)C1. The van der Waals surface area contributed by atoms with Gasteiger partial charge < -0.3 is 0 Å². The highest BCUT2D eigenvalue weighted by Gasteiger charge is 2.29. The van der Waals surface area contributed by atoms with E-state index in [-0.39, 0.29) is 11.4 Å². The molecule has 0 spiro atoms. The molecule has 0 saturated carbocycles. The molecule has 0 amide bonds. The van der Waals surface area contributed by atoms with E-state index in [1.54, 1.807) is 18.2 Å². The van der Waals surface area contributed by atoms with Crippen molar-refractivity contribution in [1.82, 2.24) is 4.31 Å². The minimum absolute atomic E-state index is 0.0166. The summed E-state index contributed by atoms with van der Waals surface area (Å²) < 4.78 is 38.6. The lowest BCUT2D eigenvalue weighted by atomic mass is 10.1. The summed E-state index contributed by atoms with van der Waals surface area (Å²) in [6.45, 7) is 0.398. The lowest BCUT2D eigenvalue weighted by Gasteiger charge is -2.28. The Hall–Kier alpha value is -0.940. The molecule has 2 rings (SSSR count). The molecule has 1 aromatic rings. The van der Waals surface area contributed by atoms with Crippen LogP contribution in [0.5, 0.6) is 0 Å². The Morgan fingerprint density at radius 3 is 2.56 bits per heavy atom. The number of sulfonamides is 1. The number of nitrogens with zero attached hydrogens (tertiary/aromatic N) is 1. The van der Waals surface area contributed by atoms with Crippen LogP contribution in [0.3, 0.4) is 0 Å². The molecule has 88 valence electrons. The van der Waals surface area contributed by atoms with E-state index in [1.165, 1.54) is 16.4 Å². The van der Waals surface area contributed by atoms with Gasteiger partial charge in [0.25, 0.3) is 0 Å². The van der Waals surface area contributed by atoms with Crippen LogP contribution >= 0.6 is 0 Å². The minimum Gasteiger partial charge on any atom is -0.246 e. The molecule has 16 heavy (non-hydrogen) atoms. The molecule has 1 saturated heterocycles. The van der Waals surface area contributed by atoms with Gasteiger partial charge in [-0.05, 0) is 25.0 Å². The number of benzene rings is 1. The Labute approximate surface area is 94.9 Å². The topological polar surface area (TPSA) is 37.4 Å². The third-order valence-corrected chi connectivity index (χ3v) is 4.59. The van der Waals surface area contributed by atoms with Crippen LogP contribution in [0.2, 0.25) is 0 Å². The van der Waals surface area contributed by atoms with Crippen LogP contribution in [0.25, 0.3) is 0 Å². The van der Waals surface area contributed by atoms with Crippen molar-refractivity contribution in [3.63, 3.8) is 0 Å². The zero-order valence-electron chi connectivity index (χ0n) is 8.84. The second-order valence-corrected chi connectivity index (χ2v) is 5.85. The van der Waals surface area contributed by atoms with Crippen molar-refractivity contribution in [1.29, 1.82) is 0 Å². The molecule has 1 aliphatic heterocycles. The first-order chi connectivity index (χ1) is 7.60. The Morgan fingerprint density at radius 1 is 1.25 bits per heavy atom. The van der Waals surface area contributed by atoms with Crippen molar-refractivity contribution in [2.75, 3.05) is 13.1 Å². The fourth-order valence-corrected chi connectivity index (χ4v) is 3.38. The molecule has 0 aliphatic carbocycles. The number of alkyl halides is 1. The van der Waals surface area contributed by atoms with Gasteiger partial charge in [0.15, 0.2) is 0 Å². The van der Waals surface area contributed by atoms with Crippen molar-refractivity contribution in [2.45, 2.75) is 23.9 Å². The van der Waals surface area contributed by atoms with Gasteiger partial charge in [-0.1, -0.05) is 18.2 Å². The number of rotatable bonds is 2. The molecule has 5 heteroatoms. The average molecular weight is 243 g/mol. The Kier molecular flexibility index (Phi) is 3.25. The van der Waals surface area contributed by atoms with Gasteiger partial charge in [0.05, 0.1) is 4.90 Å². The highest BCUT2D eigenvalue weighted by Crippen LogP contribution is 2.21. The Morgan fingerprint density at radius 2 is 1.94 bits per heavy atom. The van der Waals surface area contributed by atoms with E-state index < -0.39 is 16.2 Å². The van der Waals surface area contributed by atoms with E-state index in [1.807, 2.05) is 0 Å². The molecule has 1 aliphatic rings. The summed E-state index contributed by atoms with van der Waals surface area (Å²) in [4.78, 5) is 0.240. The number of halogens is 1. The van der Waals surface area contributed by atoms with Gasteiger partial charge in [0, 0.05) is 13.1 Å². The van der Waals surface area contributed by atoms with E-state index in [0.29, 0.717) is 19.4 Å². The summed E-state index contributed by atoms with van der Waals surface area (Å²) in [5.41, 5.74) is 0. The summed E-state index contributed by atoms with van der Waals surface area (Å²) in [6, 6.07) is 8.18. The third-order valence-electron chi connectivity index (χ3n) is 2.71. The molecule has 3 nitrogen and oxygen atoms in total. The van der Waals surface area contributed by atoms with Crippen molar-refractivity contribution in [3.8, 4) is 0 Å². The van der Waals surface area contributed by atoms with Crippen molar-refractivity contribution >= 4 is 10.0 Å². The van der Waals surface area contributed by atoms with Gasteiger partial charge in [0.1, 0.15) is 6.17 Å². The van der Waals surface area contributed by atoms with E-state index in [2.05, 4.69) is 0 Å². The quantitative estimate of drug-likeness (QED) is 0.794. The summed E-state index contributed by atoms with van der Waals surface area (Å²) in [6.07, 6.45) is 0.0147. The van der Waals surface area contributed by atoms with Crippen LogP contribution in [-0.4, -0.2) is 32.0 Å². The van der Waals surface area contributed by atoms with E-state index in [9.17, 15) is 12.8 Å². The van der Waals surface area contributed by atoms with Crippen molar-refractivity contribution < 1.29 is 12.8 Å². The highest BCUT2D eigenvalue weighted by molar-refractivity contribution is 7.89. The molecule has 0 N–H and O–H groups in total. The zero-order valence-corrected chi connectivity index (χ0v) is 9.66. The van der Waals surface area contributed by atoms with Gasteiger partial charge in [-0.3, -0.25) is 0 Å². The molecular formula is C11H14FNO2S. The van der Waals surface area contributed by atoms with Gasteiger partial charge in [0.2, 0.25) is 10.0 Å². The van der Waals surface area contributed by atoms with E-state index in [0.717, 1.165) is 0 Å². The first kappa shape index (κ1) is 11.5. The predicted molar refractivity (Wildman–Crippen MR) is 59.3 cm³/mol. The van der Waals surface area contributed by atoms with Crippen molar-refractivity contribution in [3.05, 3.63) is 30.3 Å².